The number of hydrogen-bond donors (Lipinski definition) is 3. The Morgan fingerprint density at radius 3 is 2.50 bits per heavy atom. The smallest absolute Gasteiger partial charge is 0.321 e. The molecule has 22 heavy (non-hydrogen) atoms. The van der Waals surface area contributed by atoms with Crippen molar-refractivity contribution in [2.75, 3.05) is 5.32 Å². The average molecular weight is 309 g/mol. The average Bonchev–Trinajstić information content (AvgIpc) is 2.83. The Hall–Kier alpha value is -2.05. The summed E-state index contributed by atoms with van der Waals surface area (Å²) in [6.45, 7) is 11.4. The van der Waals surface area contributed by atoms with Crippen molar-refractivity contribution in [3.63, 3.8) is 0 Å². The molecule has 7 nitrogen and oxygen atoms in total. The number of aromatic nitrogens is 2. The third-order valence-electron chi connectivity index (χ3n) is 3.16. The summed E-state index contributed by atoms with van der Waals surface area (Å²) in [4.78, 5) is 24.0. The zero-order chi connectivity index (χ0) is 16.9. The molecule has 3 N–H and O–H groups in total. The van der Waals surface area contributed by atoms with Crippen LogP contribution in [0, 0.1) is 0 Å². The SMILES string of the molecule is CC[C@@H](C)n1nccc1NC(=O)N[C@@H](C)C(=O)NC(C)(C)C. The maximum atomic E-state index is 12.0. The highest BCUT2D eigenvalue weighted by atomic mass is 16.2. The number of rotatable bonds is 5. The predicted molar refractivity (Wildman–Crippen MR) is 86.7 cm³/mol. The van der Waals surface area contributed by atoms with Crippen LogP contribution in [-0.2, 0) is 4.79 Å². The number of hydrogen-bond acceptors (Lipinski definition) is 3. The Kier molecular flexibility index (Phi) is 5.96. The van der Waals surface area contributed by atoms with Gasteiger partial charge >= 0.3 is 6.03 Å². The van der Waals surface area contributed by atoms with E-state index >= 15 is 0 Å². The lowest BCUT2D eigenvalue weighted by atomic mass is 10.1. The van der Waals surface area contributed by atoms with Crippen LogP contribution >= 0.6 is 0 Å². The predicted octanol–water partition coefficient (Wildman–Crippen LogP) is 2.28. The molecule has 7 heteroatoms. The molecule has 0 saturated carbocycles. The molecule has 2 atom stereocenters. The minimum atomic E-state index is -0.626. The monoisotopic (exact) mass is 309 g/mol. The third-order valence-corrected chi connectivity index (χ3v) is 3.16. The van der Waals surface area contributed by atoms with Crippen LogP contribution in [-0.4, -0.2) is 33.3 Å². The first-order valence-corrected chi connectivity index (χ1v) is 7.57. The number of nitrogens with one attached hydrogen (secondary N) is 3. The van der Waals surface area contributed by atoms with E-state index in [-0.39, 0.29) is 17.5 Å². The standard InChI is InChI=1S/C15H27N5O2/c1-7-10(2)20-12(8-9-16-20)18-14(22)17-11(3)13(21)19-15(4,5)6/h8-11H,7H2,1-6H3,(H,19,21)(H2,17,18,22)/t10-,11+/m1/s1. The quantitative estimate of drug-likeness (QED) is 0.779. The lowest BCUT2D eigenvalue weighted by Gasteiger charge is -2.23. The van der Waals surface area contributed by atoms with Crippen LogP contribution < -0.4 is 16.0 Å². The van der Waals surface area contributed by atoms with E-state index in [9.17, 15) is 9.59 Å². The molecule has 1 aromatic rings. The summed E-state index contributed by atoms with van der Waals surface area (Å²) in [5, 5.41) is 12.4. The number of anilines is 1. The molecule has 0 unspecified atom stereocenters. The molecular formula is C15H27N5O2. The summed E-state index contributed by atoms with van der Waals surface area (Å²) in [5.41, 5.74) is -0.335. The normalized spacial score (nSPS) is 14.1. The van der Waals surface area contributed by atoms with Crippen LogP contribution in [0.25, 0.3) is 0 Å². The van der Waals surface area contributed by atoms with Crippen LogP contribution in [0.5, 0.6) is 0 Å². The van der Waals surface area contributed by atoms with Crippen LogP contribution in [0.4, 0.5) is 10.6 Å². The Balaban J connectivity index is 2.60. The molecule has 0 radical (unpaired) electrons. The number of urea groups is 1. The van der Waals surface area contributed by atoms with Gasteiger partial charge in [0.15, 0.2) is 0 Å². The second-order valence-corrected chi connectivity index (χ2v) is 6.48. The summed E-state index contributed by atoms with van der Waals surface area (Å²) >= 11 is 0. The van der Waals surface area contributed by atoms with Crippen molar-refractivity contribution < 1.29 is 9.59 Å². The zero-order valence-electron chi connectivity index (χ0n) is 14.2. The molecule has 3 amide bonds. The van der Waals surface area contributed by atoms with Crippen molar-refractivity contribution in [2.24, 2.45) is 0 Å². The van der Waals surface area contributed by atoms with Gasteiger partial charge in [0.2, 0.25) is 5.91 Å². The fourth-order valence-electron chi connectivity index (χ4n) is 1.83. The number of amides is 3. The largest absolute Gasteiger partial charge is 0.350 e. The van der Waals surface area contributed by atoms with Gasteiger partial charge in [-0.15, -0.1) is 0 Å². The molecular weight excluding hydrogens is 282 g/mol. The zero-order valence-corrected chi connectivity index (χ0v) is 14.2. The Bertz CT molecular complexity index is 518. The van der Waals surface area contributed by atoms with Gasteiger partial charge in [-0.2, -0.15) is 5.10 Å². The summed E-state index contributed by atoms with van der Waals surface area (Å²) in [5.74, 6) is 0.383. The van der Waals surface area contributed by atoms with E-state index in [2.05, 4.69) is 28.0 Å². The van der Waals surface area contributed by atoms with Gasteiger partial charge < -0.3 is 10.6 Å². The minimum Gasteiger partial charge on any atom is -0.350 e. The lowest BCUT2D eigenvalue weighted by Crippen LogP contribution is -2.51. The molecule has 1 aromatic heterocycles. The van der Waals surface area contributed by atoms with Crippen molar-refractivity contribution in [1.29, 1.82) is 0 Å². The van der Waals surface area contributed by atoms with E-state index in [1.54, 1.807) is 23.9 Å². The van der Waals surface area contributed by atoms with Gasteiger partial charge in [0.1, 0.15) is 11.9 Å². The van der Waals surface area contributed by atoms with Crippen molar-refractivity contribution in [3.05, 3.63) is 12.3 Å². The van der Waals surface area contributed by atoms with Gasteiger partial charge in [-0.3, -0.25) is 10.1 Å². The molecule has 0 aliphatic heterocycles. The summed E-state index contributed by atoms with van der Waals surface area (Å²) in [6.07, 6.45) is 2.54. The molecule has 0 aliphatic rings. The highest BCUT2D eigenvalue weighted by molar-refractivity contribution is 5.93. The van der Waals surface area contributed by atoms with E-state index in [1.807, 2.05) is 27.7 Å². The van der Waals surface area contributed by atoms with Crippen LogP contribution in [0.1, 0.15) is 54.0 Å². The third kappa shape index (κ3) is 5.38. The van der Waals surface area contributed by atoms with Crippen LogP contribution in [0.3, 0.4) is 0 Å². The molecule has 0 bridgehead atoms. The Morgan fingerprint density at radius 2 is 1.95 bits per heavy atom. The van der Waals surface area contributed by atoms with E-state index < -0.39 is 12.1 Å². The van der Waals surface area contributed by atoms with E-state index in [1.165, 1.54) is 0 Å². The highest BCUT2D eigenvalue weighted by Gasteiger charge is 2.21. The molecule has 124 valence electrons. The van der Waals surface area contributed by atoms with E-state index in [0.29, 0.717) is 5.82 Å². The summed E-state index contributed by atoms with van der Waals surface area (Å²) in [6, 6.07) is 0.860. The lowest BCUT2D eigenvalue weighted by molar-refractivity contribution is -0.123. The molecule has 1 rings (SSSR count). The van der Waals surface area contributed by atoms with Crippen molar-refractivity contribution in [1.82, 2.24) is 20.4 Å². The summed E-state index contributed by atoms with van der Waals surface area (Å²) < 4.78 is 1.75. The van der Waals surface area contributed by atoms with Gasteiger partial charge in [0, 0.05) is 11.6 Å². The number of carbonyl (C=O) groups excluding carboxylic acids is 2. The topological polar surface area (TPSA) is 88.1 Å². The van der Waals surface area contributed by atoms with Crippen LogP contribution in [0.2, 0.25) is 0 Å². The van der Waals surface area contributed by atoms with Crippen LogP contribution in [0.15, 0.2) is 12.3 Å². The van der Waals surface area contributed by atoms with Gasteiger partial charge in [-0.05, 0) is 41.0 Å². The van der Waals surface area contributed by atoms with Gasteiger partial charge in [-0.25, -0.2) is 9.48 Å². The first-order valence-electron chi connectivity index (χ1n) is 7.57. The number of nitrogens with zero attached hydrogens (tertiary/aromatic N) is 2. The molecule has 0 saturated heterocycles. The Labute approximate surface area is 131 Å². The second kappa shape index (κ2) is 7.29. The maximum absolute atomic E-state index is 12.0. The highest BCUT2D eigenvalue weighted by Crippen LogP contribution is 2.16. The van der Waals surface area contributed by atoms with Gasteiger partial charge in [-0.1, -0.05) is 6.92 Å². The van der Waals surface area contributed by atoms with Gasteiger partial charge in [0.25, 0.3) is 0 Å². The molecule has 1 heterocycles. The van der Waals surface area contributed by atoms with Crippen molar-refractivity contribution in [3.8, 4) is 0 Å². The molecule has 0 aliphatic carbocycles. The van der Waals surface area contributed by atoms with Crippen molar-refractivity contribution in [2.45, 2.75) is 65.6 Å². The maximum Gasteiger partial charge on any atom is 0.321 e. The first kappa shape index (κ1) is 18.0. The first-order chi connectivity index (χ1) is 10.1. The Morgan fingerprint density at radius 1 is 1.32 bits per heavy atom. The minimum absolute atomic E-state index is 0.187. The second-order valence-electron chi connectivity index (χ2n) is 6.48. The molecule has 0 spiro atoms. The fraction of sp³-hybridized carbons (Fsp3) is 0.667. The fourth-order valence-corrected chi connectivity index (χ4v) is 1.83. The van der Waals surface area contributed by atoms with E-state index in [4.69, 9.17) is 0 Å². The van der Waals surface area contributed by atoms with E-state index in [0.717, 1.165) is 6.42 Å². The van der Waals surface area contributed by atoms with Gasteiger partial charge in [0.05, 0.1) is 12.2 Å². The molecule has 0 fully saturated rings. The van der Waals surface area contributed by atoms with Crippen molar-refractivity contribution >= 4 is 17.8 Å². The number of carbonyl (C=O) groups is 2. The molecule has 0 aromatic carbocycles. The summed E-state index contributed by atoms with van der Waals surface area (Å²) in [7, 11) is 0.